The van der Waals surface area contributed by atoms with E-state index < -0.39 is 22.4 Å². The van der Waals surface area contributed by atoms with Crippen LogP contribution in [0.2, 0.25) is 0 Å². The zero-order valence-electron chi connectivity index (χ0n) is 15.3. The largest absolute Gasteiger partial charge is 1.00 e. The minimum absolute atomic E-state index is 0. The maximum absolute atomic E-state index is 10.8. The standard InChI is InChI=1S/C7H11NO5S.CH3NOS.3Na.3H/c9-5(10)1-3-8(7(13)14)4-2-6(11)12;2-1(3)4;;;;;;/h1-4H2,(H,9,10)(H,11,12)(H,13,14);(H3,2,3,4);;;;;;/q;;3*+1;3*-1. The van der Waals surface area contributed by atoms with Gasteiger partial charge in [-0.3, -0.25) is 19.2 Å². The number of carboxylic acid groups (broad SMARTS) is 2. The van der Waals surface area contributed by atoms with Gasteiger partial charge in [0, 0.05) is 13.1 Å². The van der Waals surface area contributed by atoms with Crippen molar-refractivity contribution >= 4 is 47.7 Å². The third-order valence-corrected chi connectivity index (χ3v) is 1.74. The number of carbonyl (C=O) groups excluding carboxylic acids is 2. The summed E-state index contributed by atoms with van der Waals surface area (Å²) in [6.45, 7) is -0.0457. The van der Waals surface area contributed by atoms with Crippen molar-refractivity contribution in [3.8, 4) is 0 Å². The zero-order chi connectivity index (χ0) is 14.7. The van der Waals surface area contributed by atoms with Crippen LogP contribution in [0.25, 0.3) is 0 Å². The fraction of sp³-hybridized carbons (Fsp3) is 0.500. The maximum Gasteiger partial charge on any atom is 1.00 e. The Bertz CT molecular complexity index is 326. The molecule has 0 fully saturated rings. The van der Waals surface area contributed by atoms with Crippen LogP contribution in [0.3, 0.4) is 0 Å². The zero-order valence-corrected chi connectivity index (χ0v) is 20.1. The van der Waals surface area contributed by atoms with E-state index in [1.165, 1.54) is 0 Å². The average molecular weight is 370 g/mol. The first-order chi connectivity index (χ1) is 8.16. The summed E-state index contributed by atoms with van der Waals surface area (Å²) in [5.74, 6) is -2.08. The molecule has 21 heavy (non-hydrogen) atoms. The van der Waals surface area contributed by atoms with Crippen molar-refractivity contribution in [2.45, 2.75) is 12.8 Å². The Hall–Kier alpha value is 1.58. The van der Waals surface area contributed by atoms with E-state index in [9.17, 15) is 14.4 Å². The van der Waals surface area contributed by atoms with Gasteiger partial charge in [0.15, 0.2) is 0 Å². The first-order valence-electron chi connectivity index (χ1n) is 4.56. The van der Waals surface area contributed by atoms with Crippen molar-refractivity contribution < 1.29 is 122 Å². The van der Waals surface area contributed by atoms with Crippen LogP contribution in [0.15, 0.2) is 0 Å². The van der Waals surface area contributed by atoms with E-state index in [4.69, 9.17) is 15.0 Å². The number of nitrogens with zero attached hydrogens (tertiary/aromatic N) is 1. The summed E-state index contributed by atoms with van der Waals surface area (Å²) < 4.78 is 0. The minimum atomic E-state index is -1.04. The van der Waals surface area contributed by atoms with Crippen LogP contribution < -0.4 is 94.4 Å². The molecule has 0 unspecified atom stereocenters. The Morgan fingerprint density at radius 1 is 0.905 bits per heavy atom. The number of carboxylic acids is 2. The van der Waals surface area contributed by atoms with Crippen LogP contribution in [-0.2, 0) is 9.59 Å². The first kappa shape index (κ1) is 34.0. The summed E-state index contributed by atoms with van der Waals surface area (Å²) in [5, 5.41) is 15.4. The molecular weight excluding hydrogens is 353 g/mol. The number of carbonyl (C=O) groups is 4. The average Bonchev–Trinajstić information content (AvgIpc) is 2.14. The molecule has 0 aromatic heterocycles. The molecule has 0 atom stereocenters. The third kappa shape index (κ3) is 34.1. The SMILES string of the molecule is NC(=O)S.O=C(O)CCN(CCC(=O)O)C(=O)S.[H-].[H-].[H-].[Na+].[Na+].[Na+]. The number of amides is 2. The molecule has 0 spiro atoms. The minimum Gasteiger partial charge on any atom is -1.00 e. The van der Waals surface area contributed by atoms with Gasteiger partial charge in [-0.15, -0.1) is 0 Å². The van der Waals surface area contributed by atoms with Crippen LogP contribution in [0.1, 0.15) is 17.1 Å². The summed E-state index contributed by atoms with van der Waals surface area (Å²) in [7, 11) is 0. The molecule has 110 valence electrons. The summed E-state index contributed by atoms with van der Waals surface area (Å²) in [4.78, 5) is 41.3. The number of rotatable bonds is 6. The fourth-order valence-electron chi connectivity index (χ4n) is 0.764. The van der Waals surface area contributed by atoms with Crippen LogP contribution in [0, 0.1) is 0 Å². The molecule has 0 radical (unpaired) electrons. The van der Waals surface area contributed by atoms with Crippen molar-refractivity contribution in [2.75, 3.05) is 13.1 Å². The molecule has 13 heteroatoms. The molecule has 2 amide bonds. The van der Waals surface area contributed by atoms with Gasteiger partial charge >= 0.3 is 101 Å². The van der Waals surface area contributed by atoms with Crippen molar-refractivity contribution in [1.82, 2.24) is 4.90 Å². The molecule has 0 saturated heterocycles. The van der Waals surface area contributed by atoms with Gasteiger partial charge in [-0.25, -0.2) is 0 Å². The fourth-order valence-corrected chi connectivity index (χ4v) is 0.964. The summed E-state index contributed by atoms with van der Waals surface area (Å²) >= 11 is 6.60. The number of primary amides is 1. The maximum atomic E-state index is 10.8. The van der Waals surface area contributed by atoms with Gasteiger partial charge < -0.3 is 25.1 Å². The molecule has 0 aromatic rings. The normalized spacial score (nSPS) is 7.52. The summed E-state index contributed by atoms with van der Waals surface area (Å²) in [6.07, 6.45) is -0.433. The molecule has 0 aromatic carbocycles. The first-order valence-corrected chi connectivity index (χ1v) is 5.46. The van der Waals surface area contributed by atoms with E-state index in [-0.39, 0.29) is 119 Å². The Kier molecular flexibility index (Phi) is 35.0. The van der Waals surface area contributed by atoms with Crippen molar-refractivity contribution in [2.24, 2.45) is 5.73 Å². The molecule has 0 saturated carbocycles. The quantitative estimate of drug-likeness (QED) is 0.233. The van der Waals surface area contributed by atoms with Gasteiger partial charge in [0.05, 0.1) is 12.8 Å². The molecule has 0 heterocycles. The van der Waals surface area contributed by atoms with E-state index >= 15 is 0 Å². The number of hydrogen-bond acceptors (Lipinski definition) is 4. The van der Waals surface area contributed by atoms with Crippen LogP contribution in [0.5, 0.6) is 0 Å². The van der Waals surface area contributed by atoms with Crippen molar-refractivity contribution in [3.05, 3.63) is 0 Å². The van der Waals surface area contributed by atoms with Gasteiger partial charge in [0.2, 0.25) is 0 Å². The molecule has 0 aliphatic carbocycles. The molecular formula is C8H17N2Na3O6S2. The van der Waals surface area contributed by atoms with Gasteiger partial charge in [0.1, 0.15) is 0 Å². The van der Waals surface area contributed by atoms with Crippen molar-refractivity contribution in [1.29, 1.82) is 0 Å². The Morgan fingerprint density at radius 3 is 1.29 bits per heavy atom. The molecule has 0 aliphatic rings. The van der Waals surface area contributed by atoms with E-state index in [1.807, 2.05) is 0 Å². The number of aliphatic carboxylic acids is 2. The van der Waals surface area contributed by atoms with E-state index in [0.717, 1.165) is 4.90 Å². The van der Waals surface area contributed by atoms with Gasteiger partial charge in [-0.05, 0) is 0 Å². The van der Waals surface area contributed by atoms with Gasteiger partial charge in [-0.1, -0.05) is 25.3 Å². The summed E-state index contributed by atoms with van der Waals surface area (Å²) in [6, 6.07) is 0. The second-order valence-electron chi connectivity index (χ2n) is 2.90. The Balaban J connectivity index is -0.0000000387. The molecule has 8 nitrogen and oxygen atoms in total. The second-order valence-corrected chi connectivity index (χ2v) is 3.72. The van der Waals surface area contributed by atoms with E-state index in [1.54, 1.807) is 0 Å². The second kappa shape index (κ2) is 21.6. The predicted molar refractivity (Wildman–Crippen MR) is 72.4 cm³/mol. The van der Waals surface area contributed by atoms with E-state index in [0.29, 0.717) is 0 Å². The molecule has 0 aliphatic heterocycles. The smallest absolute Gasteiger partial charge is 1.00 e. The van der Waals surface area contributed by atoms with Gasteiger partial charge in [-0.2, -0.15) is 0 Å². The third-order valence-electron chi connectivity index (χ3n) is 1.46. The molecule has 0 rings (SSSR count). The van der Waals surface area contributed by atoms with Crippen LogP contribution >= 0.6 is 25.3 Å². The van der Waals surface area contributed by atoms with Crippen LogP contribution in [0.4, 0.5) is 9.59 Å². The molecule has 4 N–H and O–H groups in total. The van der Waals surface area contributed by atoms with E-state index in [2.05, 4.69) is 31.0 Å². The topological polar surface area (TPSA) is 138 Å². The van der Waals surface area contributed by atoms with Crippen molar-refractivity contribution in [3.63, 3.8) is 0 Å². The number of hydrogen-bond donors (Lipinski definition) is 5. The predicted octanol–water partition coefficient (Wildman–Crippen LogP) is -8.37. The summed E-state index contributed by atoms with van der Waals surface area (Å²) in [5.41, 5.74) is 4.34. The number of nitrogens with two attached hydrogens (primary N) is 1. The molecule has 0 bridgehead atoms. The van der Waals surface area contributed by atoms with Gasteiger partial charge in [0.25, 0.3) is 10.5 Å². The number of thiol groups is 2. The van der Waals surface area contributed by atoms with Crippen LogP contribution in [-0.4, -0.2) is 50.6 Å². The Labute approximate surface area is 204 Å². The monoisotopic (exact) mass is 370 g/mol. The Morgan fingerprint density at radius 2 is 1.14 bits per heavy atom.